The zero-order valence-electron chi connectivity index (χ0n) is 13.7. The number of benzene rings is 2. The van der Waals surface area contributed by atoms with Gasteiger partial charge in [-0.1, -0.05) is 22.3 Å². The normalized spacial score (nSPS) is 10.6. The molecule has 0 bridgehead atoms. The standard InChI is InChI=1S/C18H17N3O2S/c1-11-8-12(2)10-14(9-11)16(22)19-18-21-20-17(23-18)13-4-6-15(24-3)7-5-13/h4-10H,1-3H3,(H,19,21,22). The quantitative estimate of drug-likeness (QED) is 0.717. The summed E-state index contributed by atoms with van der Waals surface area (Å²) in [5.41, 5.74) is 3.43. The van der Waals surface area contributed by atoms with E-state index in [1.54, 1.807) is 11.8 Å². The first-order chi connectivity index (χ1) is 11.5. The maximum Gasteiger partial charge on any atom is 0.322 e. The van der Waals surface area contributed by atoms with Crippen LogP contribution in [0.4, 0.5) is 6.01 Å². The third-order valence-corrected chi connectivity index (χ3v) is 4.21. The van der Waals surface area contributed by atoms with Crippen molar-refractivity contribution in [1.82, 2.24) is 10.2 Å². The number of anilines is 1. The maximum atomic E-state index is 12.3. The van der Waals surface area contributed by atoms with Gasteiger partial charge in [0.2, 0.25) is 5.89 Å². The van der Waals surface area contributed by atoms with Gasteiger partial charge in [0, 0.05) is 16.0 Å². The van der Waals surface area contributed by atoms with Crippen molar-refractivity contribution in [2.75, 3.05) is 11.6 Å². The molecule has 5 nitrogen and oxygen atoms in total. The number of hydrogen-bond acceptors (Lipinski definition) is 5. The van der Waals surface area contributed by atoms with Crippen molar-refractivity contribution in [2.24, 2.45) is 0 Å². The minimum atomic E-state index is -0.269. The van der Waals surface area contributed by atoms with E-state index in [4.69, 9.17) is 4.42 Å². The summed E-state index contributed by atoms with van der Waals surface area (Å²) in [4.78, 5) is 13.5. The highest BCUT2D eigenvalue weighted by molar-refractivity contribution is 7.98. The average molecular weight is 339 g/mol. The fraction of sp³-hybridized carbons (Fsp3) is 0.167. The molecule has 3 aromatic rings. The first-order valence-electron chi connectivity index (χ1n) is 7.43. The highest BCUT2D eigenvalue weighted by Gasteiger charge is 2.13. The molecule has 6 heteroatoms. The summed E-state index contributed by atoms with van der Waals surface area (Å²) < 4.78 is 5.53. The number of carbonyl (C=O) groups excluding carboxylic acids is 1. The minimum absolute atomic E-state index is 0.0862. The van der Waals surface area contributed by atoms with Gasteiger partial charge in [-0.25, -0.2) is 0 Å². The number of rotatable bonds is 4. The molecule has 1 heterocycles. The first kappa shape index (κ1) is 16.3. The fourth-order valence-corrected chi connectivity index (χ4v) is 2.81. The number of carbonyl (C=O) groups is 1. The van der Waals surface area contributed by atoms with Crippen LogP contribution in [0.1, 0.15) is 21.5 Å². The van der Waals surface area contributed by atoms with E-state index in [-0.39, 0.29) is 11.9 Å². The Morgan fingerprint density at radius 1 is 1.04 bits per heavy atom. The Morgan fingerprint density at radius 3 is 2.33 bits per heavy atom. The molecule has 0 aliphatic carbocycles. The van der Waals surface area contributed by atoms with Crippen molar-refractivity contribution in [3.8, 4) is 11.5 Å². The number of aromatic nitrogens is 2. The van der Waals surface area contributed by atoms with Crippen LogP contribution in [-0.2, 0) is 0 Å². The fourth-order valence-electron chi connectivity index (χ4n) is 2.40. The van der Waals surface area contributed by atoms with E-state index in [0.29, 0.717) is 11.5 Å². The van der Waals surface area contributed by atoms with Gasteiger partial charge in [0.05, 0.1) is 0 Å². The SMILES string of the molecule is CSc1ccc(-c2nnc(NC(=O)c3cc(C)cc(C)c3)o2)cc1. The largest absolute Gasteiger partial charge is 0.403 e. The van der Waals surface area contributed by atoms with Gasteiger partial charge < -0.3 is 4.42 Å². The van der Waals surface area contributed by atoms with E-state index >= 15 is 0 Å². The maximum absolute atomic E-state index is 12.3. The van der Waals surface area contributed by atoms with Gasteiger partial charge in [-0.05, 0) is 56.5 Å². The molecule has 2 aromatic carbocycles. The molecule has 1 amide bonds. The summed E-state index contributed by atoms with van der Waals surface area (Å²) in [6.07, 6.45) is 2.02. The Hall–Kier alpha value is -2.60. The molecule has 0 atom stereocenters. The third-order valence-electron chi connectivity index (χ3n) is 3.47. The van der Waals surface area contributed by atoms with Gasteiger partial charge in [-0.3, -0.25) is 10.1 Å². The Balaban J connectivity index is 1.76. The summed E-state index contributed by atoms with van der Waals surface area (Å²) in [5, 5.41) is 10.5. The van der Waals surface area contributed by atoms with E-state index < -0.39 is 0 Å². The summed E-state index contributed by atoms with van der Waals surface area (Å²) in [6, 6.07) is 13.5. The lowest BCUT2D eigenvalue weighted by molar-refractivity contribution is 0.102. The predicted octanol–water partition coefficient (Wildman–Crippen LogP) is 4.33. The molecule has 24 heavy (non-hydrogen) atoms. The number of hydrogen-bond donors (Lipinski definition) is 1. The molecule has 0 aliphatic rings. The Labute approximate surface area is 144 Å². The summed E-state index contributed by atoms with van der Waals surface area (Å²) in [6.45, 7) is 3.90. The van der Waals surface area contributed by atoms with Crippen LogP contribution in [0.25, 0.3) is 11.5 Å². The second-order valence-electron chi connectivity index (χ2n) is 5.47. The van der Waals surface area contributed by atoms with Crippen molar-refractivity contribution in [2.45, 2.75) is 18.7 Å². The first-order valence-corrected chi connectivity index (χ1v) is 8.65. The van der Waals surface area contributed by atoms with Crippen molar-refractivity contribution >= 4 is 23.7 Å². The van der Waals surface area contributed by atoms with Gasteiger partial charge in [0.25, 0.3) is 5.91 Å². The summed E-state index contributed by atoms with van der Waals surface area (Å²) in [5.74, 6) is 0.105. The molecule has 122 valence electrons. The lowest BCUT2D eigenvalue weighted by Crippen LogP contribution is -2.12. The Morgan fingerprint density at radius 2 is 1.71 bits per heavy atom. The predicted molar refractivity (Wildman–Crippen MR) is 95.4 cm³/mol. The number of amides is 1. The molecule has 0 unspecified atom stereocenters. The summed E-state index contributed by atoms with van der Waals surface area (Å²) >= 11 is 1.66. The van der Waals surface area contributed by atoms with E-state index in [1.807, 2.05) is 62.6 Å². The van der Waals surface area contributed by atoms with Crippen LogP contribution in [0, 0.1) is 13.8 Å². The molecule has 1 N–H and O–H groups in total. The highest BCUT2D eigenvalue weighted by Crippen LogP contribution is 2.23. The van der Waals surface area contributed by atoms with Crippen LogP contribution < -0.4 is 5.32 Å². The molecular weight excluding hydrogens is 322 g/mol. The topological polar surface area (TPSA) is 68.0 Å². The van der Waals surface area contributed by atoms with Crippen LogP contribution in [0.15, 0.2) is 51.8 Å². The van der Waals surface area contributed by atoms with Gasteiger partial charge in [-0.2, -0.15) is 0 Å². The Bertz CT molecular complexity index is 852. The van der Waals surface area contributed by atoms with Crippen LogP contribution in [0.3, 0.4) is 0 Å². The van der Waals surface area contributed by atoms with E-state index in [9.17, 15) is 4.79 Å². The monoisotopic (exact) mass is 339 g/mol. The second kappa shape index (κ2) is 6.88. The highest BCUT2D eigenvalue weighted by atomic mass is 32.2. The van der Waals surface area contributed by atoms with Crippen molar-refractivity contribution < 1.29 is 9.21 Å². The molecule has 3 rings (SSSR count). The zero-order chi connectivity index (χ0) is 17.1. The van der Waals surface area contributed by atoms with E-state index in [0.717, 1.165) is 21.6 Å². The zero-order valence-corrected chi connectivity index (χ0v) is 14.5. The van der Waals surface area contributed by atoms with Crippen molar-refractivity contribution in [3.05, 3.63) is 59.2 Å². The number of nitrogens with zero attached hydrogens (tertiary/aromatic N) is 2. The lowest BCUT2D eigenvalue weighted by Gasteiger charge is -2.03. The molecule has 0 radical (unpaired) electrons. The molecule has 0 fully saturated rings. The molecule has 0 saturated carbocycles. The van der Waals surface area contributed by atoms with Gasteiger partial charge >= 0.3 is 6.01 Å². The van der Waals surface area contributed by atoms with Gasteiger partial charge in [0.1, 0.15) is 0 Å². The molecule has 0 spiro atoms. The van der Waals surface area contributed by atoms with Gasteiger partial charge in [-0.15, -0.1) is 16.9 Å². The molecule has 1 aromatic heterocycles. The lowest BCUT2D eigenvalue weighted by atomic mass is 10.1. The van der Waals surface area contributed by atoms with E-state index in [2.05, 4.69) is 15.5 Å². The number of aryl methyl sites for hydroxylation is 2. The Kier molecular flexibility index (Phi) is 4.66. The number of thioether (sulfide) groups is 1. The molecular formula is C18H17N3O2S. The third kappa shape index (κ3) is 3.65. The van der Waals surface area contributed by atoms with Crippen molar-refractivity contribution in [3.63, 3.8) is 0 Å². The van der Waals surface area contributed by atoms with Crippen LogP contribution in [0.5, 0.6) is 0 Å². The van der Waals surface area contributed by atoms with Gasteiger partial charge in [0.15, 0.2) is 0 Å². The molecule has 0 saturated heterocycles. The average Bonchev–Trinajstić information content (AvgIpc) is 3.02. The second-order valence-corrected chi connectivity index (χ2v) is 6.35. The van der Waals surface area contributed by atoms with Crippen molar-refractivity contribution in [1.29, 1.82) is 0 Å². The minimum Gasteiger partial charge on any atom is -0.403 e. The van der Waals surface area contributed by atoms with Crippen LogP contribution in [0.2, 0.25) is 0 Å². The van der Waals surface area contributed by atoms with Crippen LogP contribution >= 0.6 is 11.8 Å². The number of nitrogens with one attached hydrogen (secondary N) is 1. The molecule has 0 aliphatic heterocycles. The summed E-state index contributed by atoms with van der Waals surface area (Å²) in [7, 11) is 0. The van der Waals surface area contributed by atoms with E-state index in [1.165, 1.54) is 0 Å². The van der Waals surface area contributed by atoms with Crippen LogP contribution in [-0.4, -0.2) is 22.4 Å². The smallest absolute Gasteiger partial charge is 0.322 e.